The Labute approximate surface area is 135 Å². The van der Waals surface area contributed by atoms with Gasteiger partial charge in [0.05, 0.1) is 18.8 Å². The number of amides is 2. The maximum absolute atomic E-state index is 12.3. The fourth-order valence-corrected chi connectivity index (χ4v) is 2.79. The molecular weight excluding hydrogens is 294 g/mol. The molecule has 0 bridgehead atoms. The fourth-order valence-electron chi connectivity index (χ4n) is 2.79. The van der Waals surface area contributed by atoms with Gasteiger partial charge < -0.3 is 15.0 Å². The van der Waals surface area contributed by atoms with Crippen LogP contribution in [-0.4, -0.2) is 51.0 Å². The normalized spacial score (nSPS) is 21.2. The Balaban J connectivity index is 1.63. The Morgan fingerprint density at radius 3 is 2.65 bits per heavy atom. The van der Waals surface area contributed by atoms with E-state index >= 15 is 0 Å². The van der Waals surface area contributed by atoms with Gasteiger partial charge in [-0.3, -0.25) is 4.57 Å². The van der Waals surface area contributed by atoms with E-state index < -0.39 is 0 Å². The van der Waals surface area contributed by atoms with E-state index in [1.165, 1.54) is 0 Å². The van der Waals surface area contributed by atoms with Gasteiger partial charge in [-0.1, -0.05) is 18.2 Å². The molecule has 1 aliphatic rings. The van der Waals surface area contributed by atoms with Gasteiger partial charge in [-0.25, -0.2) is 4.79 Å². The van der Waals surface area contributed by atoms with Crippen LogP contribution in [0.25, 0.3) is 5.69 Å². The SMILES string of the molecule is C[C@H]1CN(C(=O)NCc2nncn2-c2ccccc2)C[C@H](C)O1. The van der Waals surface area contributed by atoms with Crippen molar-refractivity contribution >= 4 is 6.03 Å². The highest BCUT2D eigenvalue weighted by Gasteiger charge is 2.25. The zero-order valence-electron chi connectivity index (χ0n) is 13.3. The summed E-state index contributed by atoms with van der Waals surface area (Å²) in [6, 6.07) is 9.70. The summed E-state index contributed by atoms with van der Waals surface area (Å²) in [4.78, 5) is 14.1. The molecule has 2 heterocycles. The number of hydrogen-bond donors (Lipinski definition) is 1. The van der Waals surface area contributed by atoms with Gasteiger partial charge in [-0.15, -0.1) is 10.2 Å². The lowest BCUT2D eigenvalue weighted by Crippen LogP contribution is -2.51. The number of ether oxygens (including phenoxy) is 1. The van der Waals surface area contributed by atoms with Crippen molar-refractivity contribution < 1.29 is 9.53 Å². The van der Waals surface area contributed by atoms with Crippen LogP contribution >= 0.6 is 0 Å². The third-order valence-corrected chi connectivity index (χ3v) is 3.76. The molecular formula is C16H21N5O2. The van der Waals surface area contributed by atoms with E-state index in [1.807, 2.05) is 48.7 Å². The van der Waals surface area contributed by atoms with Crippen molar-refractivity contribution in [3.05, 3.63) is 42.5 Å². The van der Waals surface area contributed by atoms with Gasteiger partial charge in [0.25, 0.3) is 0 Å². The summed E-state index contributed by atoms with van der Waals surface area (Å²) in [5.74, 6) is 0.693. The van der Waals surface area contributed by atoms with Gasteiger partial charge in [-0.2, -0.15) is 0 Å². The van der Waals surface area contributed by atoms with E-state index in [4.69, 9.17) is 4.74 Å². The lowest BCUT2D eigenvalue weighted by molar-refractivity contribution is -0.0545. The molecule has 0 spiro atoms. The molecule has 0 unspecified atom stereocenters. The number of rotatable bonds is 3. The number of carbonyl (C=O) groups is 1. The molecule has 122 valence electrons. The zero-order valence-corrected chi connectivity index (χ0v) is 13.3. The molecule has 1 aliphatic heterocycles. The predicted octanol–water partition coefficient (Wildman–Crippen LogP) is 1.59. The molecule has 2 amide bonds. The fraction of sp³-hybridized carbons (Fsp3) is 0.438. The number of aromatic nitrogens is 3. The Morgan fingerprint density at radius 1 is 1.26 bits per heavy atom. The molecule has 0 aliphatic carbocycles. The zero-order chi connectivity index (χ0) is 16.2. The summed E-state index contributed by atoms with van der Waals surface area (Å²) in [6.45, 7) is 5.47. The van der Waals surface area contributed by atoms with Crippen molar-refractivity contribution in [2.45, 2.75) is 32.6 Å². The van der Waals surface area contributed by atoms with Gasteiger partial charge in [0, 0.05) is 18.8 Å². The van der Waals surface area contributed by atoms with Gasteiger partial charge in [-0.05, 0) is 26.0 Å². The molecule has 0 saturated carbocycles. The van der Waals surface area contributed by atoms with Gasteiger partial charge in [0.2, 0.25) is 0 Å². The third-order valence-electron chi connectivity index (χ3n) is 3.76. The highest BCUT2D eigenvalue weighted by atomic mass is 16.5. The average molecular weight is 315 g/mol. The number of nitrogens with zero attached hydrogens (tertiary/aromatic N) is 4. The molecule has 1 aromatic carbocycles. The van der Waals surface area contributed by atoms with Crippen molar-refractivity contribution in [2.75, 3.05) is 13.1 Å². The molecule has 1 saturated heterocycles. The lowest BCUT2D eigenvalue weighted by atomic mass is 10.2. The summed E-state index contributed by atoms with van der Waals surface area (Å²) in [5, 5.41) is 10.9. The Kier molecular flexibility index (Phi) is 4.57. The smallest absolute Gasteiger partial charge is 0.317 e. The molecule has 1 aromatic heterocycles. The first kappa shape index (κ1) is 15.5. The topological polar surface area (TPSA) is 72.3 Å². The molecule has 1 N–H and O–H groups in total. The number of morpholine rings is 1. The Morgan fingerprint density at radius 2 is 1.96 bits per heavy atom. The van der Waals surface area contributed by atoms with E-state index in [9.17, 15) is 4.79 Å². The number of urea groups is 1. The van der Waals surface area contributed by atoms with Crippen molar-refractivity contribution in [3.8, 4) is 5.69 Å². The first-order valence-corrected chi connectivity index (χ1v) is 7.76. The van der Waals surface area contributed by atoms with Crippen LogP contribution in [0.15, 0.2) is 36.7 Å². The van der Waals surface area contributed by atoms with Crippen LogP contribution in [-0.2, 0) is 11.3 Å². The molecule has 2 atom stereocenters. The van der Waals surface area contributed by atoms with Crippen LogP contribution in [0.4, 0.5) is 4.79 Å². The highest BCUT2D eigenvalue weighted by molar-refractivity contribution is 5.74. The summed E-state index contributed by atoms with van der Waals surface area (Å²) in [6.07, 6.45) is 1.75. The second-order valence-electron chi connectivity index (χ2n) is 5.77. The third kappa shape index (κ3) is 3.68. The standard InChI is InChI=1S/C16H21N5O2/c1-12-9-20(10-13(2)23-12)16(22)17-8-15-19-18-11-21(15)14-6-4-3-5-7-14/h3-7,11-13H,8-10H2,1-2H3,(H,17,22)/t12-,13-/m0/s1. The molecule has 7 nitrogen and oxygen atoms in total. The predicted molar refractivity (Wildman–Crippen MR) is 85.2 cm³/mol. The lowest BCUT2D eigenvalue weighted by Gasteiger charge is -2.35. The summed E-state index contributed by atoms with van der Waals surface area (Å²) in [7, 11) is 0. The van der Waals surface area contributed by atoms with Crippen LogP contribution in [0.1, 0.15) is 19.7 Å². The van der Waals surface area contributed by atoms with E-state index in [2.05, 4.69) is 15.5 Å². The second kappa shape index (κ2) is 6.78. The minimum absolute atomic E-state index is 0.0532. The van der Waals surface area contributed by atoms with Crippen LogP contribution in [0.3, 0.4) is 0 Å². The summed E-state index contributed by atoms with van der Waals surface area (Å²) >= 11 is 0. The first-order chi connectivity index (χ1) is 11.1. The van der Waals surface area contributed by atoms with E-state index in [0.717, 1.165) is 5.69 Å². The molecule has 7 heteroatoms. The maximum atomic E-state index is 12.3. The number of benzene rings is 1. The number of nitrogens with one attached hydrogen (secondary N) is 1. The second-order valence-corrected chi connectivity index (χ2v) is 5.77. The van der Waals surface area contributed by atoms with Crippen molar-refractivity contribution in [2.24, 2.45) is 0 Å². The van der Waals surface area contributed by atoms with E-state index in [-0.39, 0.29) is 18.2 Å². The van der Waals surface area contributed by atoms with Crippen LogP contribution in [0.2, 0.25) is 0 Å². The number of hydrogen-bond acceptors (Lipinski definition) is 4. The number of carbonyl (C=O) groups excluding carboxylic acids is 1. The van der Waals surface area contributed by atoms with Gasteiger partial charge in [0.15, 0.2) is 5.82 Å². The quantitative estimate of drug-likeness (QED) is 0.933. The van der Waals surface area contributed by atoms with Crippen LogP contribution in [0, 0.1) is 0 Å². The van der Waals surface area contributed by atoms with Crippen molar-refractivity contribution in [1.82, 2.24) is 25.0 Å². The Bertz CT molecular complexity index is 648. The minimum Gasteiger partial charge on any atom is -0.372 e. The molecule has 0 radical (unpaired) electrons. The Hall–Kier alpha value is -2.41. The van der Waals surface area contributed by atoms with E-state index in [1.54, 1.807) is 11.2 Å². The van der Waals surface area contributed by atoms with E-state index in [0.29, 0.717) is 25.5 Å². The maximum Gasteiger partial charge on any atom is 0.317 e. The van der Waals surface area contributed by atoms with Crippen molar-refractivity contribution in [3.63, 3.8) is 0 Å². The molecule has 1 fully saturated rings. The highest BCUT2D eigenvalue weighted by Crippen LogP contribution is 2.11. The average Bonchev–Trinajstić information content (AvgIpc) is 3.01. The molecule has 3 rings (SSSR count). The molecule has 23 heavy (non-hydrogen) atoms. The monoisotopic (exact) mass is 315 g/mol. The van der Waals surface area contributed by atoms with Crippen LogP contribution in [0.5, 0.6) is 0 Å². The van der Waals surface area contributed by atoms with Gasteiger partial charge >= 0.3 is 6.03 Å². The van der Waals surface area contributed by atoms with Gasteiger partial charge in [0.1, 0.15) is 6.33 Å². The number of para-hydroxylation sites is 1. The summed E-state index contributed by atoms with van der Waals surface area (Å²) in [5.41, 5.74) is 0.968. The van der Waals surface area contributed by atoms with Crippen molar-refractivity contribution in [1.29, 1.82) is 0 Å². The largest absolute Gasteiger partial charge is 0.372 e. The summed E-state index contributed by atoms with van der Waals surface area (Å²) < 4.78 is 7.51. The molecule has 2 aromatic rings. The first-order valence-electron chi connectivity index (χ1n) is 7.76. The minimum atomic E-state index is -0.102. The van der Waals surface area contributed by atoms with Crippen LogP contribution < -0.4 is 5.32 Å².